The number of phenolic OH excluding ortho intramolecular Hbond substituents is 1. The number of ether oxygens (including phenoxy) is 2. The number of rotatable bonds is 4. The van der Waals surface area contributed by atoms with Crippen molar-refractivity contribution >= 4 is 5.91 Å². The Hall–Kier alpha value is -2.37. The molecule has 2 aromatic rings. The highest BCUT2D eigenvalue weighted by atomic mass is 16.5. The molecule has 2 heterocycles. The Morgan fingerprint density at radius 2 is 1.85 bits per heavy atom. The molecule has 1 amide bonds. The van der Waals surface area contributed by atoms with Crippen molar-refractivity contribution < 1.29 is 19.4 Å². The van der Waals surface area contributed by atoms with E-state index >= 15 is 0 Å². The van der Waals surface area contributed by atoms with Crippen LogP contribution in [-0.2, 0) is 9.47 Å². The first-order valence-corrected chi connectivity index (χ1v) is 8.87. The van der Waals surface area contributed by atoms with Crippen LogP contribution in [0.15, 0.2) is 48.5 Å². The molecule has 4 rings (SSSR count). The Labute approximate surface area is 153 Å². The van der Waals surface area contributed by atoms with Gasteiger partial charge in [-0.2, -0.15) is 0 Å². The van der Waals surface area contributed by atoms with E-state index in [1.807, 2.05) is 41.3 Å². The van der Waals surface area contributed by atoms with Crippen molar-refractivity contribution in [2.45, 2.75) is 0 Å². The van der Waals surface area contributed by atoms with Gasteiger partial charge in [0.05, 0.1) is 19.8 Å². The van der Waals surface area contributed by atoms with E-state index in [2.05, 4.69) is 0 Å². The Balaban J connectivity index is 1.50. The quantitative estimate of drug-likeness (QED) is 0.918. The summed E-state index contributed by atoms with van der Waals surface area (Å²) < 4.78 is 11.0. The molecule has 2 aliphatic heterocycles. The Kier molecular flexibility index (Phi) is 4.42. The number of amides is 1. The average molecular weight is 353 g/mol. The number of likely N-dealkylation sites (tertiary alicyclic amines) is 1. The molecule has 2 atom stereocenters. The van der Waals surface area contributed by atoms with E-state index < -0.39 is 0 Å². The number of benzene rings is 2. The Morgan fingerprint density at radius 1 is 1.19 bits per heavy atom. The lowest BCUT2D eigenvalue weighted by Gasteiger charge is -2.26. The fourth-order valence-electron chi connectivity index (χ4n) is 4.12. The minimum absolute atomic E-state index is 0.0591. The van der Waals surface area contributed by atoms with Crippen LogP contribution in [0.2, 0.25) is 0 Å². The third-order valence-electron chi connectivity index (χ3n) is 5.57. The van der Waals surface area contributed by atoms with E-state index in [0.717, 1.165) is 17.7 Å². The van der Waals surface area contributed by atoms with Crippen molar-refractivity contribution in [3.8, 4) is 16.9 Å². The van der Waals surface area contributed by atoms with Crippen molar-refractivity contribution in [2.24, 2.45) is 11.3 Å². The fourth-order valence-corrected chi connectivity index (χ4v) is 4.12. The number of phenols is 1. The predicted octanol–water partition coefficient (Wildman–Crippen LogP) is 2.79. The molecular weight excluding hydrogens is 330 g/mol. The molecule has 5 heteroatoms. The molecule has 2 aromatic carbocycles. The standard InChI is InChI=1S/C21H23NO4/c1-25-13-21-12-22(10-18(21)11-26-14-21)20(24)17-4-2-15(3-5-17)16-6-8-19(23)9-7-16/h2-9,18,23H,10-14H2,1H3/t18-,21-/m0/s1. The SMILES string of the molecule is COC[C@@]12COC[C@@H]1CN(C(=O)c1ccc(-c3ccc(O)cc3)cc1)C2. The molecule has 0 bridgehead atoms. The monoisotopic (exact) mass is 353 g/mol. The molecule has 5 nitrogen and oxygen atoms in total. The summed E-state index contributed by atoms with van der Waals surface area (Å²) >= 11 is 0. The van der Waals surface area contributed by atoms with Gasteiger partial charge in [-0.3, -0.25) is 4.79 Å². The fraction of sp³-hybridized carbons (Fsp3) is 0.381. The first kappa shape index (κ1) is 17.1. The van der Waals surface area contributed by atoms with Crippen molar-refractivity contribution in [1.29, 1.82) is 0 Å². The highest BCUT2D eigenvalue weighted by Gasteiger charge is 2.51. The van der Waals surface area contributed by atoms with Crippen LogP contribution in [0.5, 0.6) is 5.75 Å². The van der Waals surface area contributed by atoms with Crippen LogP contribution in [0.3, 0.4) is 0 Å². The van der Waals surface area contributed by atoms with Crippen molar-refractivity contribution in [1.82, 2.24) is 4.90 Å². The summed E-state index contributed by atoms with van der Waals surface area (Å²) in [5, 5.41) is 9.40. The largest absolute Gasteiger partial charge is 0.508 e. The molecule has 0 radical (unpaired) electrons. The maximum absolute atomic E-state index is 12.9. The van der Waals surface area contributed by atoms with E-state index in [1.165, 1.54) is 0 Å². The van der Waals surface area contributed by atoms with Crippen molar-refractivity contribution in [2.75, 3.05) is 40.0 Å². The summed E-state index contributed by atoms with van der Waals surface area (Å²) in [5.41, 5.74) is 2.66. The van der Waals surface area contributed by atoms with Gasteiger partial charge in [-0.05, 0) is 35.4 Å². The molecule has 0 saturated carbocycles. The molecule has 0 aliphatic carbocycles. The van der Waals surface area contributed by atoms with Gasteiger partial charge in [0, 0.05) is 37.1 Å². The lowest BCUT2D eigenvalue weighted by molar-refractivity contribution is 0.0489. The highest BCUT2D eigenvalue weighted by Crippen LogP contribution is 2.41. The number of carbonyl (C=O) groups is 1. The predicted molar refractivity (Wildman–Crippen MR) is 98.1 cm³/mol. The normalized spacial score (nSPS) is 24.7. The molecule has 0 aromatic heterocycles. The van der Waals surface area contributed by atoms with Gasteiger partial charge >= 0.3 is 0 Å². The van der Waals surface area contributed by atoms with Crippen LogP contribution in [0, 0.1) is 11.3 Å². The molecule has 2 aliphatic rings. The van der Waals surface area contributed by atoms with E-state index in [1.54, 1.807) is 19.2 Å². The zero-order valence-corrected chi connectivity index (χ0v) is 14.9. The minimum Gasteiger partial charge on any atom is -0.508 e. The van der Waals surface area contributed by atoms with E-state index in [9.17, 15) is 9.90 Å². The highest BCUT2D eigenvalue weighted by molar-refractivity contribution is 5.95. The third kappa shape index (κ3) is 2.97. The second-order valence-corrected chi connectivity index (χ2v) is 7.32. The van der Waals surface area contributed by atoms with Gasteiger partial charge in [-0.15, -0.1) is 0 Å². The Morgan fingerprint density at radius 3 is 2.50 bits per heavy atom. The maximum Gasteiger partial charge on any atom is 0.253 e. The topological polar surface area (TPSA) is 59.0 Å². The third-order valence-corrected chi connectivity index (χ3v) is 5.57. The first-order valence-electron chi connectivity index (χ1n) is 8.87. The smallest absolute Gasteiger partial charge is 0.253 e. The summed E-state index contributed by atoms with van der Waals surface area (Å²) in [5.74, 6) is 0.656. The summed E-state index contributed by atoms with van der Waals surface area (Å²) in [6.07, 6.45) is 0. The van der Waals surface area contributed by atoms with Crippen LogP contribution >= 0.6 is 0 Å². The molecular formula is C21H23NO4. The summed E-state index contributed by atoms with van der Waals surface area (Å²) in [4.78, 5) is 14.9. The van der Waals surface area contributed by atoms with Gasteiger partial charge in [0.1, 0.15) is 5.75 Å². The lowest BCUT2D eigenvalue weighted by Crippen LogP contribution is -2.37. The molecule has 2 fully saturated rings. The van der Waals surface area contributed by atoms with Gasteiger partial charge in [-0.25, -0.2) is 0 Å². The van der Waals surface area contributed by atoms with Crippen molar-refractivity contribution in [3.63, 3.8) is 0 Å². The van der Waals surface area contributed by atoms with Crippen LogP contribution in [0.4, 0.5) is 0 Å². The number of methoxy groups -OCH3 is 1. The zero-order chi connectivity index (χ0) is 18.1. The number of hydrogen-bond acceptors (Lipinski definition) is 4. The molecule has 26 heavy (non-hydrogen) atoms. The summed E-state index contributed by atoms with van der Waals surface area (Å²) in [6, 6.07) is 14.7. The number of aromatic hydroxyl groups is 1. The van der Waals surface area contributed by atoms with Gasteiger partial charge in [0.15, 0.2) is 0 Å². The number of nitrogens with zero attached hydrogens (tertiary/aromatic N) is 1. The average Bonchev–Trinajstić information content (AvgIpc) is 3.19. The second-order valence-electron chi connectivity index (χ2n) is 7.32. The number of hydrogen-bond donors (Lipinski definition) is 1. The van der Waals surface area contributed by atoms with Gasteiger partial charge < -0.3 is 19.5 Å². The maximum atomic E-state index is 12.9. The van der Waals surface area contributed by atoms with Crippen LogP contribution in [-0.4, -0.2) is 55.9 Å². The van der Waals surface area contributed by atoms with Crippen LogP contribution in [0.1, 0.15) is 10.4 Å². The molecule has 136 valence electrons. The number of fused-ring (bicyclic) bond motifs is 1. The molecule has 1 N–H and O–H groups in total. The molecule has 2 saturated heterocycles. The van der Waals surface area contributed by atoms with E-state index in [4.69, 9.17) is 9.47 Å². The van der Waals surface area contributed by atoms with Gasteiger partial charge in [0.25, 0.3) is 5.91 Å². The number of carbonyl (C=O) groups excluding carboxylic acids is 1. The van der Waals surface area contributed by atoms with Crippen molar-refractivity contribution in [3.05, 3.63) is 54.1 Å². The first-order chi connectivity index (χ1) is 12.6. The zero-order valence-electron chi connectivity index (χ0n) is 14.9. The minimum atomic E-state index is -0.0591. The molecule has 0 spiro atoms. The van der Waals surface area contributed by atoms with Crippen LogP contribution < -0.4 is 0 Å². The van der Waals surface area contributed by atoms with E-state index in [0.29, 0.717) is 37.8 Å². The Bertz CT molecular complexity index is 787. The van der Waals surface area contributed by atoms with Crippen LogP contribution in [0.25, 0.3) is 11.1 Å². The van der Waals surface area contributed by atoms with E-state index in [-0.39, 0.29) is 17.1 Å². The second kappa shape index (κ2) is 6.74. The summed E-state index contributed by atoms with van der Waals surface area (Å²) in [6.45, 7) is 3.40. The van der Waals surface area contributed by atoms with Gasteiger partial charge in [0.2, 0.25) is 0 Å². The summed E-state index contributed by atoms with van der Waals surface area (Å²) in [7, 11) is 1.71. The van der Waals surface area contributed by atoms with Gasteiger partial charge in [-0.1, -0.05) is 24.3 Å². The lowest BCUT2D eigenvalue weighted by atomic mass is 9.82. The molecule has 0 unspecified atom stereocenters.